The van der Waals surface area contributed by atoms with E-state index >= 15 is 0 Å². The highest BCUT2D eigenvalue weighted by Crippen LogP contribution is 2.23. The van der Waals surface area contributed by atoms with Gasteiger partial charge in [0.1, 0.15) is 0 Å². The van der Waals surface area contributed by atoms with Gasteiger partial charge in [-0.1, -0.05) is 71.8 Å². The first-order valence-electron chi connectivity index (χ1n) is 20.0. The van der Waals surface area contributed by atoms with E-state index in [9.17, 15) is 19.5 Å². The molecule has 3 aromatic rings. The number of hydrogen-bond donors (Lipinski definition) is 1. The number of rotatable bonds is 33. The number of methoxy groups -OCH3 is 1. The van der Waals surface area contributed by atoms with Crippen molar-refractivity contribution in [1.82, 2.24) is 4.90 Å². The van der Waals surface area contributed by atoms with Crippen LogP contribution in [-0.4, -0.2) is 134 Å². The molecule has 314 valence electrons. The molecule has 1 N–H and O–H groups in total. The molecule has 0 heterocycles. The fraction of sp³-hybridized carbons (Fsp3) is 0.533. The Morgan fingerprint density at radius 1 is 0.526 bits per heavy atom. The van der Waals surface area contributed by atoms with Crippen molar-refractivity contribution in [2.24, 2.45) is 5.92 Å². The standard InChI is InChI=1S/C45H63NO11/c1-36-4-8-38(9-5-36)12-14-40(15-13-39-10-6-37(2)7-11-39)44(49)41-16-18-42(19-17-41)45(50)46(21-20-43(47)48)22-23-52-26-27-54-30-31-56-34-35-57-33-32-55-29-28-53-25-24-51-3/h4-11,16-19,40H,12-15,20-35H2,1-3H3,(H,47,48). The van der Waals surface area contributed by atoms with Crippen LogP contribution < -0.4 is 0 Å². The molecule has 0 atom stereocenters. The number of nitrogens with zero attached hydrogens (tertiary/aromatic N) is 1. The quantitative estimate of drug-likeness (QED) is 0.0572. The molecule has 0 bridgehead atoms. The lowest BCUT2D eigenvalue weighted by Crippen LogP contribution is -2.36. The summed E-state index contributed by atoms with van der Waals surface area (Å²) in [4.78, 5) is 40.2. The van der Waals surface area contributed by atoms with E-state index in [0.717, 1.165) is 25.7 Å². The summed E-state index contributed by atoms with van der Waals surface area (Å²) in [6, 6.07) is 23.6. The van der Waals surface area contributed by atoms with E-state index in [1.165, 1.54) is 27.2 Å². The Hall–Kier alpha value is -4.01. The Morgan fingerprint density at radius 2 is 0.912 bits per heavy atom. The molecule has 57 heavy (non-hydrogen) atoms. The van der Waals surface area contributed by atoms with E-state index in [0.29, 0.717) is 90.4 Å². The molecule has 1 amide bonds. The summed E-state index contributed by atoms with van der Waals surface area (Å²) in [5, 5.41) is 9.31. The Kier molecular flexibility index (Phi) is 24.3. The fourth-order valence-electron chi connectivity index (χ4n) is 5.86. The highest BCUT2D eigenvalue weighted by molar-refractivity contribution is 6.00. The molecule has 3 aromatic carbocycles. The number of carboxylic acid groups (broad SMARTS) is 1. The van der Waals surface area contributed by atoms with Crippen LogP contribution >= 0.6 is 0 Å². The molecule has 0 aromatic heterocycles. The van der Waals surface area contributed by atoms with Gasteiger partial charge in [-0.05, 0) is 62.8 Å². The van der Waals surface area contributed by atoms with Crippen LogP contribution in [-0.2, 0) is 50.8 Å². The van der Waals surface area contributed by atoms with Crippen LogP contribution in [0.25, 0.3) is 0 Å². The summed E-state index contributed by atoms with van der Waals surface area (Å²) < 4.78 is 37.9. The summed E-state index contributed by atoms with van der Waals surface area (Å²) in [7, 11) is 1.63. The largest absolute Gasteiger partial charge is 0.481 e. The molecule has 0 saturated carbocycles. The van der Waals surface area contributed by atoms with E-state index in [-0.39, 0.29) is 43.7 Å². The van der Waals surface area contributed by atoms with Crippen LogP contribution in [0.15, 0.2) is 72.8 Å². The number of carboxylic acids is 1. The molecule has 0 spiro atoms. The zero-order chi connectivity index (χ0) is 40.9. The van der Waals surface area contributed by atoms with Gasteiger partial charge < -0.3 is 43.2 Å². The predicted octanol–water partition coefficient (Wildman–Crippen LogP) is 6.03. The van der Waals surface area contributed by atoms with Gasteiger partial charge in [0.15, 0.2) is 5.78 Å². The summed E-state index contributed by atoms with van der Waals surface area (Å²) in [6.07, 6.45) is 2.83. The van der Waals surface area contributed by atoms with Crippen molar-refractivity contribution in [3.05, 3.63) is 106 Å². The van der Waals surface area contributed by atoms with Gasteiger partial charge in [0.05, 0.1) is 92.3 Å². The number of aliphatic carboxylic acids is 1. The van der Waals surface area contributed by atoms with Crippen LogP contribution in [0.2, 0.25) is 0 Å². The van der Waals surface area contributed by atoms with Crippen molar-refractivity contribution in [3.63, 3.8) is 0 Å². The van der Waals surface area contributed by atoms with Gasteiger partial charge in [-0.15, -0.1) is 0 Å². The van der Waals surface area contributed by atoms with Gasteiger partial charge in [-0.25, -0.2) is 0 Å². The molecule has 0 radical (unpaired) electrons. The number of amides is 1. The average molecular weight is 794 g/mol. The number of benzene rings is 3. The second-order valence-corrected chi connectivity index (χ2v) is 13.8. The molecule has 12 nitrogen and oxygen atoms in total. The Balaban J connectivity index is 1.38. The Bertz CT molecular complexity index is 1480. The molecule has 0 fully saturated rings. The maximum atomic E-state index is 13.9. The summed E-state index contributed by atoms with van der Waals surface area (Å²) in [6.45, 7) is 10.1. The van der Waals surface area contributed by atoms with Gasteiger partial charge >= 0.3 is 5.97 Å². The van der Waals surface area contributed by atoms with Gasteiger partial charge in [0, 0.05) is 37.2 Å². The number of hydrogen-bond acceptors (Lipinski definition) is 10. The van der Waals surface area contributed by atoms with Crippen molar-refractivity contribution in [3.8, 4) is 0 Å². The number of carbonyl (C=O) groups excluding carboxylic acids is 2. The molecule has 0 unspecified atom stereocenters. The topological polar surface area (TPSA) is 139 Å². The summed E-state index contributed by atoms with van der Waals surface area (Å²) >= 11 is 0. The van der Waals surface area contributed by atoms with Gasteiger partial charge in [-0.2, -0.15) is 0 Å². The van der Waals surface area contributed by atoms with Crippen LogP contribution in [0.1, 0.15) is 62.2 Å². The maximum absolute atomic E-state index is 13.9. The molecule has 0 aliphatic heterocycles. The summed E-state index contributed by atoms with van der Waals surface area (Å²) in [5.41, 5.74) is 5.74. The zero-order valence-electron chi connectivity index (χ0n) is 34.1. The first-order valence-corrected chi connectivity index (χ1v) is 20.0. The lowest BCUT2D eigenvalue weighted by molar-refractivity contribution is -0.137. The van der Waals surface area contributed by atoms with Crippen molar-refractivity contribution in [2.75, 3.05) is 106 Å². The minimum absolute atomic E-state index is 0.0349. The third kappa shape index (κ3) is 20.8. The molecule has 0 saturated heterocycles. The monoisotopic (exact) mass is 793 g/mol. The SMILES string of the molecule is COCCOCCOCCOCCOCCOCCOCCN(CCC(=O)O)C(=O)c1ccc(C(=O)C(CCc2ccc(C)cc2)CCc2ccc(C)cc2)cc1. The minimum Gasteiger partial charge on any atom is -0.481 e. The fourth-order valence-corrected chi connectivity index (χ4v) is 5.86. The third-order valence-electron chi connectivity index (χ3n) is 9.27. The van der Waals surface area contributed by atoms with Crippen LogP contribution in [0, 0.1) is 19.8 Å². The molecule has 12 heteroatoms. The van der Waals surface area contributed by atoms with E-state index in [1.807, 2.05) is 0 Å². The molecular formula is C45H63NO11. The second-order valence-electron chi connectivity index (χ2n) is 13.8. The number of aryl methyl sites for hydroxylation is 4. The van der Waals surface area contributed by atoms with Gasteiger partial charge in [0.2, 0.25) is 0 Å². The highest BCUT2D eigenvalue weighted by Gasteiger charge is 2.22. The van der Waals surface area contributed by atoms with Gasteiger partial charge in [-0.3, -0.25) is 14.4 Å². The van der Waals surface area contributed by atoms with Crippen molar-refractivity contribution in [2.45, 2.75) is 46.0 Å². The second kappa shape index (κ2) is 29.2. The molecule has 0 aliphatic carbocycles. The zero-order valence-corrected chi connectivity index (χ0v) is 34.1. The van der Waals surface area contributed by atoms with E-state index < -0.39 is 5.97 Å². The molecular weight excluding hydrogens is 730 g/mol. The van der Waals surface area contributed by atoms with Crippen molar-refractivity contribution in [1.29, 1.82) is 0 Å². The van der Waals surface area contributed by atoms with Crippen LogP contribution in [0.5, 0.6) is 0 Å². The minimum atomic E-state index is -0.997. The number of carbonyl (C=O) groups is 3. The van der Waals surface area contributed by atoms with Crippen molar-refractivity contribution < 1.29 is 52.6 Å². The molecule has 0 aliphatic rings. The van der Waals surface area contributed by atoms with E-state index in [2.05, 4.69) is 62.4 Å². The average Bonchev–Trinajstić information content (AvgIpc) is 3.22. The predicted molar refractivity (Wildman–Crippen MR) is 218 cm³/mol. The van der Waals surface area contributed by atoms with Crippen LogP contribution in [0.4, 0.5) is 0 Å². The van der Waals surface area contributed by atoms with Crippen LogP contribution in [0.3, 0.4) is 0 Å². The normalized spacial score (nSPS) is 11.3. The number of ketones is 1. The van der Waals surface area contributed by atoms with E-state index in [1.54, 1.807) is 31.4 Å². The van der Waals surface area contributed by atoms with Crippen molar-refractivity contribution >= 4 is 17.7 Å². The van der Waals surface area contributed by atoms with Gasteiger partial charge in [0.25, 0.3) is 5.91 Å². The third-order valence-corrected chi connectivity index (χ3v) is 9.27. The lowest BCUT2D eigenvalue weighted by atomic mass is 9.86. The number of Topliss-reactive ketones (excluding diaryl/α,β-unsaturated/α-hetero) is 1. The smallest absolute Gasteiger partial charge is 0.305 e. The highest BCUT2D eigenvalue weighted by atomic mass is 16.6. The first-order chi connectivity index (χ1) is 27.8. The molecule has 3 rings (SSSR count). The Morgan fingerprint density at radius 3 is 1.32 bits per heavy atom. The lowest BCUT2D eigenvalue weighted by Gasteiger charge is -2.22. The van der Waals surface area contributed by atoms with E-state index in [4.69, 9.17) is 33.2 Å². The number of ether oxygens (including phenoxy) is 7. The summed E-state index contributed by atoms with van der Waals surface area (Å²) in [5.74, 6) is -1.44. The Labute approximate surface area is 338 Å². The maximum Gasteiger partial charge on any atom is 0.305 e. The first kappa shape index (κ1) is 47.4.